The van der Waals surface area contributed by atoms with E-state index in [4.69, 9.17) is 18.9 Å². The lowest BCUT2D eigenvalue weighted by atomic mass is 10.1. The fourth-order valence-electron chi connectivity index (χ4n) is 2.00. The maximum Gasteiger partial charge on any atom is 0.231 e. The first-order chi connectivity index (χ1) is 9.63. The Morgan fingerprint density at radius 2 is 1.95 bits per heavy atom. The van der Waals surface area contributed by atoms with Crippen LogP contribution in [0.1, 0.15) is 25.5 Å². The first-order valence-corrected chi connectivity index (χ1v) is 8.26. The van der Waals surface area contributed by atoms with Gasteiger partial charge in [-0.2, -0.15) is 0 Å². The van der Waals surface area contributed by atoms with Crippen LogP contribution in [0.5, 0.6) is 11.5 Å². The maximum atomic E-state index is 5.93. The van der Waals surface area contributed by atoms with Gasteiger partial charge in [0, 0.05) is 21.5 Å². The Hall–Kier alpha value is -0.300. The quantitative estimate of drug-likeness (QED) is 0.502. The number of halogens is 2. The van der Waals surface area contributed by atoms with E-state index in [0.717, 1.165) is 21.5 Å². The summed E-state index contributed by atoms with van der Waals surface area (Å²) in [5, 5.41) is 0. The lowest BCUT2D eigenvalue weighted by Crippen LogP contribution is -2.17. The first kappa shape index (κ1) is 16.1. The van der Waals surface area contributed by atoms with Gasteiger partial charge in [-0.3, -0.25) is 0 Å². The van der Waals surface area contributed by atoms with Gasteiger partial charge in [0.15, 0.2) is 11.5 Å². The minimum Gasteiger partial charge on any atom is -0.454 e. The fourth-order valence-corrected chi connectivity index (χ4v) is 2.98. The van der Waals surface area contributed by atoms with E-state index in [9.17, 15) is 0 Å². The van der Waals surface area contributed by atoms with Gasteiger partial charge in [0.05, 0.1) is 19.3 Å². The molecule has 0 aliphatic carbocycles. The van der Waals surface area contributed by atoms with Crippen molar-refractivity contribution in [2.24, 2.45) is 0 Å². The van der Waals surface area contributed by atoms with Crippen molar-refractivity contribution in [3.05, 3.63) is 22.2 Å². The molecule has 6 heteroatoms. The molecule has 0 unspecified atom stereocenters. The zero-order valence-corrected chi connectivity index (χ0v) is 14.7. The van der Waals surface area contributed by atoms with Crippen LogP contribution in [0.4, 0.5) is 0 Å². The van der Waals surface area contributed by atoms with Gasteiger partial charge in [0.25, 0.3) is 0 Å². The average molecular weight is 410 g/mol. The van der Waals surface area contributed by atoms with Gasteiger partial charge < -0.3 is 18.9 Å². The van der Waals surface area contributed by atoms with Crippen LogP contribution >= 0.6 is 31.9 Å². The normalized spacial score (nSPS) is 16.2. The van der Waals surface area contributed by atoms with Crippen molar-refractivity contribution < 1.29 is 18.9 Å². The highest BCUT2D eigenvalue weighted by Crippen LogP contribution is 2.41. The van der Waals surface area contributed by atoms with E-state index in [1.807, 2.05) is 19.1 Å². The molecular formula is C14H18Br2O4. The Bertz CT molecular complexity index is 451. The van der Waals surface area contributed by atoms with Crippen molar-refractivity contribution in [3.8, 4) is 11.5 Å². The molecule has 1 aromatic rings. The van der Waals surface area contributed by atoms with Crippen molar-refractivity contribution in [2.75, 3.05) is 26.6 Å². The van der Waals surface area contributed by atoms with Gasteiger partial charge in [-0.15, -0.1) is 0 Å². The number of fused-ring (bicyclic) bond motifs is 1. The van der Waals surface area contributed by atoms with Gasteiger partial charge in [0.2, 0.25) is 6.79 Å². The minimum atomic E-state index is -0.0840. The molecule has 4 nitrogen and oxygen atoms in total. The molecule has 0 saturated carbocycles. The van der Waals surface area contributed by atoms with Crippen molar-refractivity contribution in [1.82, 2.24) is 0 Å². The van der Waals surface area contributed by atoms with Gasteiger partial charge in [-0.05, 0) is 26.0 Å². The van der Waals surface area contributed by atoms with Crippen LogP contribution < -0.4 is 9.47 Å². The zero-order valence-electron chi connectivity index (χ0n) is 11.5. The highest BCUT2D eigenvalue weighted by atomic mass is 79.9. The van der Waals surface area contributed by atoms with Gasteiger partial charge in [0.1, 0.15) is 0 Å². The monoisotopic (exact) mass is 408 g/mol. The van der Waals surface area contributed by atoms with Gasteiger partial charge in [-0.1, -0.05) is 31.9 Å². The van der Waals surface area contributed by atoms with Crippen molar-refractivity contribution in [3.63, 3.8) is 0 Å². The second-order valence-corrected chi connectivity index (χ2v) is 6.69. The summed E-state index contributed by atoms with van der Waals surface area (Å²) in [6.45, 7) is 6.14. The highest BCUT2D eigenvalue weighted by molar-refractivity contribution is 9.10. The molecule has 20 heavy (non-hydrogen) atoms. The van der Waals surface area contributed by atoms with Crippen molar-refractivity contribution in [1.29, 1.82) is 0 Å². The number of alkyl halides is 1. The Morgan fingerprint density at radius 3 is 2.60 bits per heavy atom. The summed E-state index contributed by atoms with van der Waals surface area (Å²) >= 11 is 7.18. The third-order valence-corrected chi connectivity index (χ3v) is 4.11. The smallest absolute Gasteiger partial charge is 0.231 e. The second kappa shape index (κ2) is 7.64. The molecule has 0 radical (unpaired) electrons. The zero-order chi connectivity index (χ0) is 14.5. The molecule has 0 fully saturated rings. The molecule has 0 amide bonds. The fraction of sp³-hybridized carbons (Fsp3) is 0.571. The molecule has 2 atom stereocenters. The van der Waals surface area contributed by atoms with Crippen LogP contribution in [-0.4, -0.2) is 31.4 Å². The van der Waals surface area contributed by atoms with E-state index >= 15 is 0 Å². The Kier molecular flexibility index (Phi) is 6.14. The van der Waals surface area contributed by atoms with Crippen LogP contribution in [0.2, 0.25) is 0 Å². The number of ether oxygens (including phenoxy) is 4. The summed E-state index contributed by atoms with van der Waals surface area (Å²) in [6.07, 6.45) is -0.0840. The molecular weight excluding hydrogens is 392 g/mol. The molecule has 0 N–H and O–H groups in total. The highest BCUT2D eigenvalue weighted by Gasteiger charge is 2.24. The number of benzene rings is 1. The number of rotatable bonds is 7. The van der Waals surface area contributed by atoms with E-state index in [2.05, 4.69) is 38.8 Å². The molecule has 0 bridgehead atoms. The Labute approximate surface area is 136 Å². The number of hydrogen-bond acceptors (Lipinski definition) is 4. The Morgan fingerprint density at radius 1 is 1.25 bits per heavy atom. The SMILES string of the molecule is CCOCCO[C@@H](c1cc2c(cc1Br)OCO2)[C@@H](C)Br. The van der Waals surface area contributed by atoms with E-state index in [1.54, 1.807) is 0 Å². The summed E-state index contributed by atoms with van der Waals surface area (Å²) in [7, 11) is 0. The molecule has 0 aromatic heterocycles. The lowest BCUT2D eigenvalue weighted by Gasteiger charge is -2.22. The molecule has 1 aromatic carbocycles. The molecule has 1 aliphatic rings. The van der Waals surface area contributed by atoms with E-state index in [1.165, 1.54) is 0 Å². The van der Waals surface area contributed by atoms with E-state index in [0.29, 0.717) is 19.8 Å². The van der Waals surface area contributed by atoms with Gasteiger partial charge in [-0.25, -0.2) is 0 Å². The topological polar surface area (TPSA) is 36.9 Å². The van der Waals surface area contributed by atoms with E-state index in [-0.39, 0.29) is 17.7 Å². The largest absolute Gasteiger partial charge is 0.454 e. The van der Waals surface area contributed by atoms with E-state index < -0.39 is 0 Å². The summed E-state index contributed by atoms with van der Waals surface area (Å²) in [5.74, 6) is 1.52. The molecule has 1 heterocycles. The average Bonchev–Trinajstić information content (AvgIpc) is 2.85. The van der Waals surface area contributed by atoms with Crippen LogP contribution in [0.25, 0.3) is 0 Å². The maximum absolute atomic E-state index is 5.93. The van der Waals surface area contributed by atoms with Crippen LogP contribution in [0.15, 0.2) is 16.6 Å². The lowest BCUT2D eigenvalue weighted by molar-refractivity contribution is 0.00779. The predicted octanol–water partition coefficient (Wildman–Crippen LogP) is 4.06. The second-order valence-electron chi connectivity index (χ2n) is 4.39. The van der Waals surface area contributed by atoms with Crippen LogP contribution in [0.3, 0.4) is 0 Å². The predicted molar refractivity (Wildman–Crippen MR) is 83.8 cm³/mol. The third kappa shape index (κ3) is 3.87. The standard InChI is InChI=1S/C14H18Br2O4/c1-3-17-4-5-18-14(9(2)15)10-6-12-13(7-11(10)16)20-8-19-12/h6-7,9,14H,3-5,8H2,1-2H3/t9-,14-/m1/s1. The first-order valence-electron chi connectivity index (χ1n) is 6.56. The summed E-state index contributed by atoms with van der Waals surface area (Å²) < 4.78 is 23.0. The summed E-state index contributed by atoms with van der Waals surface area (Å²) in [6, 6.07) is 3.89. The van der Waals surface area contributed by atoms with Crippen LogP contribution in [-0.2, 0) is 9.47 Å². The molecule has 0 spiro atoms. The molecule has 112 valence electrons. The van der Waals surface area contributed by atoms with Crippen molar-refractivity contribution in [2.45, 2.75) is 24.8 Å². The number of hydrogen-bond donors (Lipinski definition) is 0. The van der Waals surface area contributed by atoms with Crippen molar-refractivity contribution >= 4 is 31.9 Å². The molecule has 0 saturated heterocycles. The third-order valence-electron chi connectivity index (χ3n) is 2.94. The van der Waals surface area contributed by atoms with Crippen LogP contribution in [0, 0.1) is 0 Å². The summed E-state index contributed by atoms with van der Waals surface area (Å²) in [5.41, 5.74) is 1.04. The van der Waals surface area contributed by atoms with Gasteiger partial charge >= 0.3 is 0 Å². The Balaban J connectivity index is 2.12. The molecule has 1 aliphatic heterocycles. The molecule has 2 rings (SSSR count). The minimum absolute atomic E-state index is 0.0840. The summed E-state index contributed by atoms with van der Waals surface area (Å²) in [4.78, 5) is 0.167.